The summed E-state index contributed by atoms with van der Waals surface area (Å²) in [6, 6.07) is 12.9. The van der Waals surface area contributed by atoms with Crippen molar-refractivity contribution in [1.82, 2.24) is 0 Å². The van der Waals surface area contributed by atoms with Crippen LogP contribution in [0.15, 0.2) is 42.5 Å². The number of nitrogens with one attached hydrogen (secondary N) is 1. The van der Waals surface area contributed by atoms with E-state index in [1.54, 1.807) is 19.2 Å². The molecule has 0 fully saturated rings. The Labute approximate surface area is 124 Å². The fourth-order valence-corrected chi connectivity index (χ4v) is 2.33. The van der Waals surface area contributed by atoms with E-state index in [0.717, 1.165) is 17.7 Å². The van der Waals surface area contributed by atoms with Crippen LogP contribution < -0.4 is 10.1 Å². The summed E-state index contributed by atoms with van der Waals surface area (Å²) < 4.78 is 5.21. The highest BCUT2D eigenvalue weighted by Crippen LogP contribution is 2.32. The molecule has 20 heavy (non-hydrogen) atoms. The van der Waals surface area contributed by atoms with Crippen molar-refractivity contribution in [3.63, 3.8) is 0 Å². The summed E-state index contributed by atoms with van der Waals surface area (Å²) >= 11 is 6.02. The molecule has 2 aromatic rings. The molecule has 2 N–H and O–H groups in total. The number of hydrogen-bond acceptors (Lipinski definition) is 3. The van der Waals surface area contributed by atoms with Crippen molar-refractivity contribution in [2.24, 2.45) is 0 Å². The van der Waals surface area contributed by atoms with Crippen molar-refractivity contribution in [2.75, 3.05) is 12.4 Å². The lowest BCUT2D eigenvalue weighted by molar-refractivity contribution is 0.415. The molecule has 0 aliphatic carbocycles. The predicted octanol–water partition coefficient (Wildman–Crippen LogP) is 4.62. The fourth-order valence-electron chi connectivity index (χ4n) is 2.13. The molecule has 0 saturated carbocycles. The van der Waals surface area contributed by atoms with Gasteiger partial charge in [0, 0.05) is 17.3 Å². The van der Waals surface area contributed by atoms with Crippen molar-refractivity contribution in [3.05, 3.63) is 53.1 Å². The van der Waals surface area contributed by atoms with Gasteiger partial charge in [-0.2, -0.15) is 0 Å². The third-order valence-electron chi connectivity index (χ3n) is 3.21. The molecule has 0 aliphatic heterocycles. The summed E-state index contributed by atoms with van der Waals surface area (Å²) in [4.78, 5) is 0. The van der Waals surface area contributed by atoms with Crippen LogP contribution in [0.4, 0.5) is 5.69 Å². The van der Waals surface area contributed by atoms with Crippen LogP contribution in [0.1, 0.15) is 24.9 Å². The summed E-state index contributed by atoms with van der Waals surface area (Å²) in [5, 5.41) is 13.9. The Hall–Kier alpha value is -1.87. The van der Waals surface area contributed by atoms with Gasteiger partial charge in [0.1, 0.15) is 11.5 Å². The first-order chi connectivity index (χ1) is 9.65. The van der Waals surface area contributed by atoms with Crippen molar-refractivity contribution in [3.8, 4) is 11.5 Å². The Morgan fingerprint density at radius 1 is 1.25 bits per heavy atom. The minimum atomic E-state index is 0.0297. The molecule has 0 spiro atoms. The Kier molecular flexibility index (Phi) is 4.74. The van der Waals surface area contributed by atoms with E-state index in [2.05, 4.69) is 12.2 Å². The molecule has 4 heteroatoms. The lowest BCUT2D eigenvalue weighted by Gasteiger charge is -2.20. The van der Waals surface area contributed by atoms with Crippen LogP contribution in [-0.4, -0.2) is 12.2 Å². The number of rotatable bonds is 5. The van der Waals surface area contributed by atoms with Gasteiger partial charge in [-0.3, -0.25) is 0 Å². The molecule has 2 aromatic carbocycles. The number of para-hydroxylation sites is 1. The second-order valence-electron chi connectivity index (χ2n) is 4.51. The second-order valence-corrected chi connectivity index (χ2v) is 4.92. The smallest absolute Gasteiger partial charge is 0.139 e. The second kappa shape index (κ2) is 6.53. The zero-order valence-corrected chi connectivity index (χ0v) is 12.3. The van der Waals surface area contributed by atoms with Gasteiger partial charge in [-0.15, -0.1) is 0 Å². The first-order valence-electron chi connectivity index (χ1n) is 6.53. The van der Waals surface area contributed by atoms with Gasteiger partial charge in [0.2, 0.25) is 0 Å². The van der Waals surface area contributed by atoms with Crippen LogP contribution in [-0.2, 0) is 0 Å². The van der Waals surface area contributed by atoms with E-state index in [0.29, 0.717) is 16.5 Å². The van der Waals surface area contributed by atoms with Crippen molar-refractivity contribution < 1.29 is 9.84 Å². The maximum Gasteiger partial charge on any atom is 0.139 e. The Balaban J connectivity index is 2.25. The van der Waals surface area contributed by atoms with Gasteiger partial charge < -0.3 is 15.2 Å². The SMILES string of the molecule is CCC(Nc1ccc(Cl)c(OC)c1)c1ccccc1O. The van der Waals surface area contributed by atoms with Crippen molar-refractivity contribution in [1.29, 1.82) is 0 Å². The van der Waals surface area contributed by atoms with E-state index in [9.17, 15) is 5.11 Å². The van der Waals surface area contributed by atoms with Gasteiger partial charge in [0.25, 0.3) is 0 Å². The highest BCUT2D eigenvalue weighted by atomic mass is 35.5. The van der Waals surface area contributed by atoms with Gasteiger partial charge >= 0.3 is 0 Å². The minimum Gasteiger partial charge on any atom is -0.508 e. The number of anilines is 1. The highest BCUT2D eigenvalue weighted by Gasteiger charge is 2.13. The van der Waals surface area contributed by atoms with E-state index in [4.69, 9.17) is 16.3 Å². The zero-order chi connectivity index (χ0) is 14.5. The van der Waals surface area contributed by atoms with Crippen LogP contribution in [0.5, 0.6) is 11.5 Å². The summed E-state index contributed by atoms with van der Waals surface area (Å²) in [6.07, 6.45) is 0.850. The monoisotopic (exact) mass is 291 g/mol. The van der Waals surface area contributed by atoms with Gasteiger partial charge in [0.05, 0.1) is 18.2 Å². The molecule has 3 nitrogen and oxygen atoms in total. The molecule has 1 unspecified atom stereocenters. The Bertz CT molecular complexity index is 586. The summed E-state index contributed by atoms with van der Waals surface area (Å²) in [6.45, 7) is 2.07. The van der Waals surface area contributed by atoms with E-state index in [-0.39, 0.29) is 6.04 Å². The molecule has 0 saturated heterocycles. The standard InChI is InChI=1S/C16H18ClNO2/c1-3-14(12-6-4-5-7-15(12)19)18-11-8-9-13(17)16(10-11)20-2/h4-10,14,18-19H,3H2,1-2H3. The summed E-state index contributed by atoms with van der Waals surface area (Å²) in [5.41, 5.74) is 1.78. The number of phenols is 1. The molecule has 2 rings (SSSR count). The van der Waals surface area contributed by atoms with E-state index in [1.165, 1.54) is 0 Å². The summed E-state index contributed by atoms with van der Waals surface area (Å²) in [7, 11) is 1.59. The Morgan fingerprint density at radius 2 is 2.00 bits per heavy atom. The minimum absolute atomic E-state index is 0.0297. The first kappa shape index (κ1) is 14.5. The van der Waals surface area contributed by atoms with Crippen LogP contribution in [0.25, 0.3) is 0 Å². The number of aromatic hydroxyl groups is 1. The van der Waals surface area contributed by atoms with E-state index < -0.39 is 0 Å². The van der Waals surface area contributed by atoms with Crippen LogP contribution in [0, 0.1) is 0 Å². The maximum atomic E-state index is 9.95. The number of halogens is 1. The van der Waals surface area contributed by atoms with E-state index in [1.807, 2.05) is 30.3 Å². The Morgan fingerprint density at radius 3 is 2.65 bits per heavy atom. The largest absolute Gasteiger partial charge is 0.508 e. The molecule has 0 aromatic heterocycles. The maximum absolute atomic E-state index is 9.95. The summed E-state index contributed by atoms with van der Waals surface area (Å²) in [5.74, 6) is 0.927. The van der Waals surface area contributed by atoms with Crippen LogP contribution in [0.3, 0.4) is 0 Å². The molecular formula is C16H18ClNO2. The number of ether oxygens (including phenoxy) is 1. The lowest BCUT2D eigenvalue weighted by atomic mass is 10.0. The van der Waals surface area contributed by atoms with Crippen molar-refractivity contribution in [2.45, 2.75) is 19.4 Å². The normalized spacial score (nSPS) is 11.9. The lowest BCUT2D eigenvalue weighted by Crippen LogP contribution is -2.09. The average Bonchev–Trinajstić information content (AvgIpc) is 2.47. The van der Waals surface area contributed by atoms with Crippen LogP contribution >= 0.6 is 11.6 Å². The van der Waals surface area contributed by atoms with Crippen molar-refractivity contribution >= 4 is 17.3 Å². The van der Waals surface area contributed by atoms with Gasteiger partial charge in [-0.05, 0) is 24.6 Å². The third kappa shape index (κ3) is 3.17. The third-order valence-corrected chi connectivity index (χ3v) is 3.52. The fraction of sp³-hybridized carbons (Fsp3) is 0.250. The number of methoxy groups -OCH3 is 1. The van der Waals surface area contributed by atoms with Gasteiger partial charge in [-0.25, -0.2) is 0 Å². The first-order valence-corrected chi connectivity index (χ1v) is 6.91. The molecule has 106 valence electrons. The predicted molar refractivity (Wildman–Crippen MR) is 82.8 cm³/mol. The van der Waals surface area contributed by atoms with E-state index >= 15 is 0 Å². The zero-order valence-electron chi connectivity index (χ0n) is 11.6. The van der Waals surface area contributed by atoms with Crippen LogP contribution in [0.2, 0.25) is 5.02 Å². The van der Waals surface area contributed by atoms with Gasteiger partial charge in [-0.1, -0.05) is 36.7 Å². The molecule has 1 atom stereocenters. The molecule has 0 heterocycles. The number of hydrogen-bond donors (Lipinski definition) is 2. The molecule has 0 aliphatic rings. The molecule has 0 bridgehead atoms. The van der Waals surface area contributed by atoms with Gasteiger partial charge in [0.15, 0.2) is 0 Å². The topological polar surface area (TPSA) is 41.5 Å². The highest BCUT2D eigenvalue weighted by molar-refractivity contribution is 6.32. The quantitative estimate of drug-likeness (QED) is 0.845. The average molecular weight is 292 g/mol. The number of benzene rings is 2. The molecule has 0 amide bonds. The molecular weight excluding hydrogens is 274 g/mol. The number of phenolic OH excluding ortho intramolecular Hbond substituents is 1. The molecule has 0 radical (unpaired) electrons.